The van der Waals surface area contributed by atoms with Crippen LogP contribution < -0.4 is 5.32 Å². The minimum atomic E-state index is 0.0466. The van der Waals surface area contributed by atoms with Crippen LogP contribution >= 0.6 is 11.8 Å². The number of amides is 1. The molecule has 1 heterocycles. The van der Waals surface area contributed by atoms with E-state index < -0.39 is 0 Å². The van der Waals surface area contributed by atoms with E-state index in [1.807, 2.05) is 0 Å². The largest absolute Gasteiger partial charge is 0.354 e. The van der Waals surface area contributed by atoms with E-state index in [2.05, 4.69) is 51.7 Å². The van der Waals surface area contributed by atoms with Crippen molar-refractivity contribution in [2.75, 3.05) is 12.3 Å². The standard InChI is InChI=1S/C17H22N4OS/c1-13-5-4-6-14(9-13)17(7-2-3-8-17)11-18-15(22)10-23-16-19-12-20-21-16/h4-6,9,12H,2-3,7-8,10-11H2,1H3,(H,18,22)(H,19,20,21). The van der Waals surface area contributed by atoms with Crippen molar-refractivity contribution in [2.24, 2.45) is 0 Å². The number of rotatable bonds is 6. The van der Waals surface area contributed by atoms with Crippen molar-refractivity contribution in [2.45, 2.75) is 43.2 Å². The van der Waals surface area contributed by atoms with Gasteiger partial charge >= 0.3 is 0 Å². The Morgan fingerprint density at radius 3 is 2.91 bits per heavy atom. The van der Waals surface area contributed by atoms with Gasteiger partial charge in [-0.25, -0.2) is 4.98 Å². The molecule has 0 saturated heterocycles. The molecule has 0 unspecified atom stereocenters. The maximum absolute atomic E-state index is 12.1. The molecule has 2 aromatic rings. The van der Waals surface area contributed by atoms with E-state index in [1.54, 1.807) is 0 Å². The quantitative estimate of drug-likeness (QED) is 0.799. The molecule has 122 valence electrons. The highest BCUT2D eigenvalue weighted by Crippen LogP contribution is 2.40. The Balaban J connectivity index is 1.60. The minimum Gasteiger partial charge on any atom is -0.354 e. The number of hydrogen-bond donors (Lipinski definition) is 2. The Labute approximate surface area is 140 Å². The monoisotopic (exact) mass is 330 g/mol. The van der Waals surface area contributed by atoms with Gasteiger partial charge in [-0.15, -0.1) is 0 Å². The molecule has 0 bridgehead atoms. The van der Waals surface area contributed by atoms with Gasteiger partial charge < -0.3 is 5.32 Å². The summed E-state index contributed by atoms with van der Waals surface area (Å²) in [6.07, 6.45) is 6.21. The van der Waals surface area contributed by atoms with Crippen LogP contribution in [-0.2, 0) is 10.2 Å². The molecule has 1 aromatic heterocycles. The van der Waals surface area contributed by atoms with E-state index in [0.717, 1.165) is 12.8 Å². The van der Waals surface area contributed by atoms with Gasteiger partial charge in [0.25, 0.3) is 0 Å². The van der Waals surface area contributed by atoms with Crippen LogP contribution in [0.4, 0.5) is 0 Å². The Morgan fingerprint density at radius 2 is 2.22 bits per heavy atom. The van der Waals surface area contributed by atoms with Crippen molar-refractivity contribution < 1.29 is 4.79 Å². The molecule has 0 atom stereocenters. The topological polar surface area (TPSA) is 70.7 Å². The molecule has 3 rings (SSSR count). The van der Waals surface area contributed by atoms with E-state index in [9.17, 15) is 4.79 Å². The first-order valence-corrected chi connectivity index (χ1v) is 8.99. The number of carbonyl (C=O) groups is 1. The van der Waals surface area contributed by atoms with Gasteiger partial charge in [-0.3, -0.25) is 9.89 Å². The summed E-state index contributed by atoms with van der Waals surface area (Å²) < 4.78 is 0. The maximum atomic E-state index is 12.1. The SMILES string of the molecule is Cc1cccc(C2(CNC(=O)CSc3ncn[nH]3)CCCC2)c1. The molecule has 1 aromatic carbocycles. The van der Waals surface area contributed by atoms with Gasteiger partial charge in [0.1, 0.15) is 6.33 Å². The van der Waals surface area contributed by atoms with Crippen LogP contribution in [0.5, 0.6) is 0 Å². The number of aryl methyl sites for hydroxylation is 1. The van der Waals surface area contributed by atoms with E-state index in [-0.39, 0.29) is 11.3 Å². The molecule has 1 fully saturated rings. The van der Waals surface area contributed by atoms with Gasteiger partial charge in [0.2, 0.25) is 5.91 Å². The Hall–Kier alpha value is -1.82. The molecule has 23 heavy (non-hydrogen) atoms. The van der Waals surface area contributed by atoms with Crippen LogP contribution in [0.1, 0.15) is 36.8 Å². The number of nitrogens with one attached hydrogen (secondary N) is 2. The molecule has 6 heteroatoms. The van der Waals surface area contributed by atoms with Gasteiger partial charge in [-0.05, 0) is 25.3 Å². The molecular formula is C17H22N4OS. The van der Waals surface area contributed by atoms with Crippen LogP contribution in [0, 0.1) is 6.92 Å². The zero-order valence-corrected chi connectivity index (χ0v) is 14.2. The third kappa shape index (κ3) is 3.93. The fourth-order valence-corrected chi connectivity index (χ4v) is 3.92. The van der Waals surface area contributed by atoms with Crippen LogP contribution in [-0.4, -0.2) is 33.4 Å². The Bertz CT molecular complexity index is 650. The zero-order valence-electron chi connectivity index (χ0n) is 13.3. The van der Waals surface area contributed by atoms with Crippen molar-refractivity contribution >= 4 is 17.7 Å². The first-order chi connectivity index (χ1) is 11.2. The summed E-state index contributed by atoms with van der Waals surface area (Å²) in [6.45, 7) is 2.84. The van der Waals surface area contributed by atoms with Crippen molar-refractivity contribution in [3.05, 3.63) is 41.7 Å². The highest BCUT2D eigenvalue weighted by Gasteiger charge is 2.35. The molecule has 0 aliphatic heterocycles. The molecule has 1 amide bonds. The average molecular weight is 330 g/mol. The van der Waals surface area contributed by atoms with Crippen molar-refractivity contribution in [3.63, 3.8) is 0 Å². The summed E-state index contributed by atoms with van der Waals surface area (Å²) in [7, 11) is 0. The summed E-state index contributed by atoms with van der Waals surface area (Å²) in [5.41, 5.74) is 2.73. The number of carbonyl (C=O) groups excluding carboxylic acids is 1. The van der Waals surface area contributed by atoms with Crippen LogP contribution in [0.3, 0.4) is 0 Å². The molecular weight excluding hydrogens is 308 g/mol. The van der Waals surface area contributed by atoms with E-state index in [4.69, 9.17) is 0 Å². The first-order valence-electron chi connectivity index (χ1n) is 8.00. The summed E-state index contributed by atoms with van der Waals surface area (Å²) in [5.74, 6) is 0.407. The minimum absolute atomic E-state index is 0.0466. The number of thioether (sulfide) groups is 1. The van der Waals surface area contributed by atoms with Crippen LogP contribution in [0.15, 0.2) is 35.7 Å². The van der Waals surface area contributed by atoms with Crippen LogP contribution in [0.25, 0.3) is 0 Å². The molecule has 1 aliphatic rings. The fourth-order valence-electron chi connectivity index (χ4n) is 3.31. The lowest BCUT2D eigenvalue weighted by Crippen LogP contribution is -2.39. The third-order valence-electron chi connectivity index (χ3n) is 4.55. The zero-order chi connectivity index (χ0) is 16.1. The number of aromatic nitrogens is 3. The molecule has 2 N–H and O–H groups in total. The van der Waals surface area contributed by atoms with E-state index >= 15 is 0 Å². The van der Waals surface area contributed by atoms with Crippen LogP contribution in [0.2, 0.25) is 0 Å². The van der Waals surface area contributed by atoms with Gasteiger partial charge in [0, 0.05) is 12.0 Å². The van der Waals surface area contributed by atoms with Gasteiger partial charge in [0.15, 0.2) is 5.16 Å². The first kappa shape index (κ1) is 16.1. The Kier molecular flexibility index (Phi) is 5.00. The predicted molar refractivity (Wildman–Crippen MR) is 91.4 cm³/mol. The van der Waals surface area contributed by atoms with E-state index in [0.29, 0.717) is 17.5 Å². The molecule has 5 nitrogen and oxygen atoms in total. The highest BCUT2D eigenvalue weighted by molar-refractivity contribution is 7.99. The van der Waals surface area contributed by atoms with Crippen molar-refractivity contribution in [1.82, 2.24) is 20.5 Å². The lowest BCUT2D eigenvalue weighted by molar-refractivity contribution is -0.118. The fraction of sp³-hybridized carbons (Fsp3) is 0.471. The van der Waals surface area contributed by atoms with E-state index in [1.165, 1.54) is 42.1 Å². The van der Waals surface area contributed by atoms with Gasteiger partial charge in [-0.2, -0.15) is 5.10 Å². The number of aromatic amines is 1. The number of nitrogens with zero attached hydrogens (tertiary/aromatic N) is 2. The number of H-pyrrole nitrogens is 1. The average Bonchev–Trinajstić information content (AvgIpc) is 3.23. The lowest BCUT2D eigenvalue weighted by Gasteiger charge is -2.30. The molecule has 0 radical (unpaired) electrons. The van der Waals surface area contributed by atoms with Gasteiger partial charge in [0.05, 0.1) is 5.75 Å². The number of hydrogen-bond acceptors (Lipinski definition) is 4. The molecule has 1 saturated carbocycles. The van der Waals surface area contributed by atoms with Crippen molar-refractivity contribution in [3.8, 4) is 0 Å². The maximum Gasteiger partial charge on any atom is 0.230 e. The second-order valence-electron chi connectivity index (χ2n) is 6.21. The van der Waals surface area contributed by atoms with Gasteiger partial charge in [-0.1, -0.05) is 54.4 Å². The molecule has 1 aliphatic carbocycles. The summed E-state index contributed by atoms with van der Waals surface area (Å²) in [6, 6.07) is 8.71. The molecule has 0 spiro atoms. The third-order valence-corrected chi connectivity index (χ3v) is 5.42. The predicted octanol–water partition coefficient (Wildman–Crippen LogP) is 2.83. The summed E-state index contributed by atoms with van der Waals surface area (Å²) in [4.78, 5) is 16.2. The smallest absolute Gasteiger partial charge is 0.230 e. The summed E-state index contributed by atoms with van der Waals surface area (Å²) >= 11 is 1.37. The van der Waals surface area contributed by atoms with Crippen molar-refractivity contribution in [1.29, 1.82) is 0 Å². The highest BCUT2D eigenvalue weighted by atomic mass is 32.2. The second-order valence-corrected chi connectivity index (χ2v) is 7.18. The normalized spacial score (nSPS) is 16.4. The number of benzene rings is 1. The summed E-state index contributed by atoms with van der Waals surface area (Å²) in [5, 5.41) is 10.3. The Morgan fingerprint density at radius 1 is 1.39 bits per heavy atom. The second kappa shape index (κ2) is 7.17. The lowest BCUT2D eigenvalue weighted by atomic mass is 9.78.